The summed E-state index contributed by atoms with van der Waals surface area (Å²) >= 11 is 6.64. The van der Waals surface area contributed by atoms with E-state index in [1.165, 1.54) is 28.8 Å². The number of ether oxygens (including phenoxy) is 3. The fraction of sp³-hybridized carbons (Fsp3) is 0.256. The quantitative estimate of drug-likeness (QED) is 0.107. The Kier molecular flexibility index (Phi) is 12.6. The molecule has 0 radical (unpaired) electrons. The van der Waals surface area contributed by atoms with E-state index >= 15 is 0 Å². The molecule has 1 saturated heterocycles. The maximum absolute atomic E-state index is 13.1. The van der Waals surface area contributed by atoms with Crippen molar-refractivity contribution in [2.45, 2.75) is 39.8 Å². The van der Waals surface area contributed by atoms with E-state index in [1.807, 2.05) is 48.2 Å². The van der Waals surface area contributed by atoms with Crippen LogP contribution in [-0.4, -0.2) is 53.5 Å². The summed E-state index contributed by atoms with van der Waals surface area (Å²) in [5, 5.41) is 0.484. The molecule has 0 bridgehead atoms. The van der Waals surface area contributed by atoms with Crippen LogP contribution in [0.5, 0.6) is 23.1 Å². The molecule has 1 aromatic heterocycles. The molecule has 0 spiro atoms. The highest BCUT2D eigenvalue weighted by atomic mass is 35.5. The zero-order chi connectivity index (χ0) is 36.3. The van der Waals surface area contributed by atoms with Crippen LogP contribution in [0.4, 0.5) is 4.39 Å². The van der Waals surface area contributed by atoms with E-state index in [0.717, 1.165) is 42.7 Å². The largest absolute Gasteiger partial charge is 0.493 e. The number of benzene rings is 4. The van der Waals surface area contributed by atoms with E-state index in [0.29, 0.717) is 60.9 Å². The second-order valence-corrected chi connectivity index (χ2v) is 13.4. The van der Waals surface area contributed by atoms with Gasteiger partial charge in [0.25, 0.3) is 0 Å². The number of pyridine rings is 1. The van der Waals surface area contributed by atoms with E-state index in [2.05, 4.69) is 53.2 Å². The van der Waals surface area contributed by atoms with Gasteiger partial charge >= 0.3 is 0 Å². The molecular weight excluding hydrogens is 677 g/mol. The van der Waals surface area contributed by atoms with Crippen LogP contribution in [0.25, 0.3) is 0 Å². The van der Waals surface area contributed by atoms with Gasteiger partial charge in [0.2, 0.25) is 11.8 Å². The Morgan fingerprint density at radius 3 is 2.19 bits per heavy atom. The van der Waals surface area contributed by atoms with Crippen molar-refractivity contribution in [1.82, 2.24) is 14.8 Å². The Bertz CT molecular complexity index is 1920. The van der Waals surface area contributed by atoms with Crippen LogP contribution in [0.3, 0.4) is 0 Å². The SMILES string of the molecule is Cc1ccc(COc2ccc(Oc3c(C)cc(CC=CC(=O)N4CCN(Cc5ccc(CCOc6ccc(F)cc6)cc5)CC4)cc3Cl)nc2)cc1. The zero-order valence-corrected chi connectivity index (χ0v) is 30.3. The van der Waals surface area contributed by atoms with E-state index in [-0.39, 0.29) is 11.7 Å². The molecule has 1 fully saturated rings. The van der Waals surface area contributed by atoms with Gasteiger partial charge in [0.15, 0.2) is 5.75 Å². The van der Waals surface area contributed by atoms with Crippen LogP contribution in [-0.2, 0) is 30.8 Å². The molecule has 1 amide bonds. The second kappa shape index (κ2) is 17.8. The van der Waals surface area contributed by atoms with Crippen molar-refractivity contribution in [3.63, 3.8) is 0 Å². The maximum atomic E-state index is 13.1. The molecule has 1 aliphatic rings. The van der Waals surface area contributed by atoms with E-state index in [1.54, 1.807) is 30.5 Å². The van der Waals surface area contributed by atoms with Gasteiger partial charge in [-0.2, -0.15) is 0 Å². The van der Waals surface area contributed by atoms with Crippen LogP contribution >= 0.6 is 11.6 Å². The number of hydrogen-bond acceptors (Lipinski definition) is 6. The molecule has 4 aromatic carbocycles. The third-order valence-corrected chi connectivity index (χ3v) is 9.21. The van der Waals surface area contributed by atoms with Crippen molar-refractivity contribution < 1.29 is 23.4 Å². The molecule has 2 heterocycles. The number of amides is 1. The average Bonchev–Trinajstić information content (AvgIpc) is 3.15. The smallest absolute Gasteiger partial charge is 0.246 e. The summed E-state index contributed by atoms with van der Waals surface area (Å²) in [6.07, 6.45) is 6.54. The highest BCUT2D eigenvalue weighted by Crippen LogP contribution is 2.34. The third-order valence-electron chi connectivity index (χ3n) is 8.93. The first-order valence-corrected chi connectivity index (χ1v) is 17.9. The molecule has 9 heteroatoms. The fourth-order valence-corrected chi connectivity index (χ4v) is 6.26. The van der Waals surface area contributed by atoms with Crippen molar-refractivity contribution >= 4 is 17.5 Å². The van der Waals surface area contributed by atoms with Gasteiger partial charge in [0.1, 0.15) is 23.9 Å². The van der Waals surface area contributed by atoms with E-state index < -0.39 is 0 Å². The Hall–Kier alpha value is -5.18. The van der Waals surface area contributed by atoms with Crippen molar-refractivity contribution in [3.8, 4) is 23.1 Å². The monoisotopic (exact) mass is 719 g/mol. The highest BCUT2D eigenvalue weighted by molar-refractivity contribution is 6.32. The number of allylic oxidation sites excluding steroid dienone is 1. The lowest BCUT2D eigenvalue weighted by Gasteiger charge is -2.34. The highest BCUT2D eigenvalue weighted by Gasteiger charge is 2.20. The predicted octanol–water partition coefficient (Wildman–Crippen LogP) is 8.93. The van der Waals surface area contributed by atoms with Gasteiger partial charge < -0.3 is 19.1 Å². The standard InChI is InChI=1S/C43H43ClFN3O4/c1-31-6-8-35(9-7-31)30-51-39-18-19-41(46-28-39)52-43-32(2)26-36(27-40(43)44)4-3-5-42(49)48-23-21-47(22-24-48)29-34-12-10-33(11-13-34)20-25-50-38-16-14-37(45)15-17-38/h3,5-19,26-28H,4,20-25,29-30H2,1-2H3. The van der Waals surface area contributed by atoms with Gasteiger partial charge in [0.05, 0.1) is 17.8 Å². The Morgan fingerprint density at radius 2 is 1.50 bits per heavy atom. The molecule has 0 unspecified atom stereocenters. The number of carbonyl (C=O) groups excluding carboxylic acids is 1. The van der Waals surface area contributed by atoms with Gasteiger partial charge in [-0.15, -0.1) is 0 Å². The molecule has 52 heavy (non-hydrogen) atoms. The first-order chi connectivity index (χ1) is 25.3. The predicted molar refractivity (Wildman–Crippen MR) is 203 cm³/mol. The fourth-order valence-electron chi connectivity index (χ4n) is 5.93. The molecule has 6 rings (SSSR count). The van der Waals surface area contributed by atoms with Crippen LogP contribution in [0.1, 0.15) is 33.4 Å². The number of rotatable bonds is 14. The minimum Gasteiger partial charge on any atom is -0.493 e. The molecule has 0 aliphatic carbocycles. The topological polar surface area (TPSA) is 64.1 Å². The Morgan fingerprint density at radius 1 is 0.808 bits per heavy atom. The lowest BCUT2D eigenvalue weighted by molar-refractivity contribution is -0.127. The van der Waals surface area contributed by atoms with Crippen LogP contribution in [0.2, 0.25) is 5.02 Å². The van der Waals surface area contributed by atoms with Gasteiger partial charge in [-0.3, -0.25) is 9.69 Å². The van der Waals surface area contributed by atoms with Crippen molar-refractivity contribution in [3.05, 3.63) is 160 Å². The van der Waals surface area contributed by atoms with Crippen LogP contribution in [0.15, 0.2) is 115 Å². The van der Waals surface area contributed by atoms with Crippen molar-refractivity contribution in [2.24, 2.45) is 0 Å². The van der Waals surface area contributed by atoms with Crippen LogP contribution in [0, 0.1) is 19.7 Å². The normalized spacial score (nSPS) is 13.3. The number of nitrogens with zero attached hydrogens (tertiary/aromatic N) is 3. The Labute approximate surface area is 310 Å². The molecular formula is C43H43ClFN3O4. The molecule has 7 nitrogen and oxygen atoms in total. The summed E-state index contributed by atoms with van der Waals surface area (Å²) in [5.74, 6) is 2.04. The summed E-state index contributed by atoms with van der Waals surface area (Å²) in [6.45, 7) is 8.85. The molecule has 5 aromatic rings. The van der Waals surface area contributed by atoms with E-state index in [9.17, 15) is 9.18 Å². The van der Waals surface area contributed by atoms with Gasteiger partial charge in [-0.05, 0) is 90.6 Å². The average molecular weight is 720 g/mol. The van der Waals surface area contributed by atoms with Crippen molar-refractivity contribution in [2.75, 3.05) is 32.8 Å². The number of carbonyl (C=O) groups is 1. The lowest BCUT2D eigenvalue weighted by atomic mass is 10.1. The number of hydrogen-bond donors (Lipinski definition) is 0. The number of halogens is 2. The minimum atomic E-state index is -0.270. The van der Waals surface area contributed by atoms with Crippen LogP contribution < -0.4 is 14.2 Å². The molecule has 1 aliphatic heterocycles. The third kappa shape index (κ3) is 10.7. The number of aromatic nitrogens is 1. The second-order valence-electron chi connectivity index (χ2n) is 13.0. The zero-order valence-electron chi connectivity index (χ0n) is 29.6. The summed E-state index contributed by atoms with van der Waals surface area (Å²) in [4.78, 5) is 21.6. The lowest BCUT2D eigenvalue weighted by Crippen LogP contribution is -2.47. The molecule has 0 saturated carbocycles. The maximum Gasteiger partial charge on any atom is 0.246 e. The summed E-state index contributed by atoms with van der Waals surface area (Å²) in [7, 11) is 0. The molecule has 0 N–H and O–H groups in total. The Balaban J connectivity index is 0.908. The van der Waals surface area contributed by atoms with Gasteiger partial charge in [-0.1, -0.05) is 77.8 Å². The van der Waals surface area contributed by atoms with E-state index in [4.69, 9.17) is 25.8 Å². The molecule has 0 atom stereocenters. The number of piperazine rings is 1. The number of aryl methyl sites for hydroxylation is 2. The molecule has 268 valence electrons. The summed E-state index contributed by atoms with van der Waals surface area (Å²) in [5.41, 5.74) is 6.59. The first-order valence-electron chi connectivity index (χ1n) is 17.5. The van der Waals surface area contributed by atoms with Crippen molar-refractivity contribution in [1.29, 1.82) is 0 Å². The minimum absolute atomic E-state index is 0.0204. The first kappa shape index (κ1) is 36.6. The summed E-state index contributed by atoms with van der Waals surface area (Å²) in [6, 6.07) is 30.3. The van der Waals surface area contributed by atoms with Gasteiger partial charge in [0, 0.05) is 45.2 Å². The van der Waals surface area contributed by atoms with Gasteiger partial charge in [-0.25, -0.2) is 9.37 Å². The summed E-state index contributed by atoms with van der Waals surface area (Å²) < 4.78 is 30.7.